The van der Waals surface area contributed by atoms with E-state index in [-0.39, 0.29) is 6.10 Å². The minimum absolute atomic E-state index is 0.329. The van der Waals surface area contributed by atoms with Gasteiger partial charge in [-0.3, -0.25) is 4.57 Å². The Balaban J connectivity index is 1.60. The van der Waals surface area contributed by atoms with Gasteiger partial charge in [0.2, 0.25) is 0 Å². The average Bonchev–Trinajstić information content (AvgIpc) is 3.15. The van der Waals surface area contributed by atoms with Crippen LogP contribution in [0.15, 0.2) is 43.0 Å². The van der Waals surface area contributed by atoms with E-state index in [9.17, 15) is 10.2 Å². The fraction of sp³-hybridized carbons (Fsp3) is 0.381. The van der Waals surface area contributed by atoms with Gasteiger partial charge < -0.3 is 15.5 Å². The Morgan fingerprint density at radius 2 is 1.82 bits per heavy atom. The molecule has 3 aromatic heterocycles. The van der Waals surface area contributed by atoms with Crippen molar-refractivity contribution in [2.75, 3.05) is 5.32 Å². The van der Waals surface area contributed by atoms with Crippen LogP contribution < -0.4 is 5.32 Å². The van der Waals surface area contributed by atoms with Gasteiger partial charge in [-0.2, -0.15) is 0 Å². The number of aliphatic hydroxyl groups is 2. The molecule has 7 nitrogen and oxygen atoms in total. The molecule has 0 unspecified atom stereocenters. The Bertz CT molecular complexity index is 976. The molecule has 0 aromatic carbocycles. The van der Waals surface area contributed by atoms with Gasteiger partial charge in [-0.15, -0.1) is 0 Å². The van der Waals surface area contributed by atoms with Gasteiger partial charge in [-0.05, 0) is 74.9 Å². The van der Waals surface area contributed by atoms with Crippen LogP contribution in [0.2, 0.25) is 0 Å². The van der Waals surface area contributed by atoms with Crippen LogP contribution in [0.5, 0.6) is 0 Å². The number of nitrogens with zero attached hydrogens (tertiary/aromatic N) is 4. The number of aliphatic hydroxyl groups excluding tert-OH is 1. The van der Waals surface area contributed by atoms with Gasteiger partial charge in [0, 0.05) is 12.4 Å². The fourth-order valence-corrected chi connectivity index (χ4v) is 3.61. The zero-order chi connectivity index (χ0) is 19.7. The number of imidazole rings is 1. The summed E-state index contributed by atoms with van der Waals surface area (Å²) in [5, 5.41) is 23.9. The van der Waals surface area contributed by atoms with Crippen molar-refractivity contribution in [1.29, 1.82) is 0 Å². The van der Waals surface area contributed by atoms with Gasteiger partial charge >= 0.3 is 0 Å². The molecule has 0 radical (unpaired) electrons. The summed E-state index contributed by atoms with van der Waals surface area (Å²) in [5.41, 5.74) is 1.81. The Morgan fingerprint density at radius 1 is 1.07 bits per heavy atom. The topological polar surface area (TPSA) is 96.1 Å². The number of pyridine rings is 2. The molecule has 146 valence electrons. The van der Waals surface area contributed by atoms with E-state index in [4.69, 9.17) is 0 Å². The van der Waals surface area contributed by atoms with E-state index in [2.05, 4.69) is 20.3 Å². The minimum Gasteiger partial charge on any atom is -0.393 e. The van der Waals surface area contributed by atoms with Crippen molar-refractivity contribution in [3.8, 4) is 5.82 Å². The molecule has 7 heteroatoms. The smallest absolute Gasteiger partial charge is 0.140 e. The van der Waals surface area contributed by atoms with Crippen LogP contribution in [-0.2, 0) is 5.60 Å². The molecule has 0 bridgehead atoms. The van der Waals surface area contributed by atoms with Crippen LogP contribution >= 0.6 is 0 Å². The molecular weight excluding hydrogens is 354 g/mol. The summed E-state index contributed by atoms with van der Waals surface area (Å²) in [6.07, 6.45) is 7.13. The maximum absolute atomic E-state index is 10.9. The van der Waals surface area contributed by atoms with Crippen molar-refractivity contribution in [3.05, 3.63) is 59.8 Å². The lowest BCUT2D eigenvalue weighted by Gasteiger charge is -2.32. The third-order valence-corrected chi connectivity index (χ3v) is 5.23. The quantitative estimate of drug-likeness (QED) is 0.644. The maximum Gasteiger partial charge on any atom is 0.140 e. The molecule has 3 heterocycles. The van der Waals surface area contributed by atoms with Crippen LogP contribution in [0.1, 0.15) is 42.5 Å². The maximum atomic E-state index is 10.9. The summed E-state index contributed by atoms with van der Waals surface area (Å²) >= 11 is 0. The third-order valence-electron chi connectivity index (χ3n) is 5.23. The van der Waals surface area contributed by atoms with Gasteiger partial charge in [0.15, 0.2) is 0 Å². The van der Waals surface area contributed by atoms with Crippen molar-refractivity contribution >= 4 is 11.6 Å². The molecule has 3 aromatic rings. The predicted octanol–water partition coefficient (Wildman–Crippen LogP) is 3.15. The monoisotopic (exact) mass is 379 g/mol. The standard InChI is InChI=1S/C21H25N5O2/c1-14-5-8-22-18(9-14)24-19-10-15(2)11-20(25-19)26-12-17(23-13-26)21(28)6-3-16(27)4-7-21/h5,8-13,16,27-28H,3-4,6-7H2,1-2H3,(H,22,24,25). The largest absolute Gasteiger partial charge is 0.393 e. The number of aromatic nitrogens is 4. The SMILES string of the molecule is Cc1ccnc(Nc2cc(C)cc(-n3cnc(C4(O)CCC(O)CC4)c3)n2)c1. The number of nitrogens with one attached hydrogen (secondary N) is 1. The van der Waals surface area contributed by atoms with Gasteiger partial charge in [-0.25, -0.2) is 15.0 Å². The van der Waals surface area contributed by atoms with Crippen LogP contribution in [0.25, 0.3) is 5.82 Å². The summed E-state index contributed by atoms with van der Waals surface area (Å²) in [7, 11) is 0. The van der Waals surface area contributed by atoms with E-state index in [0.29, 0.717) is 43.0 Å². The van der Waals surface area contributed by atoms with E-state index < -0.39 is 5.60 Å². The van der Waals surface area contributed by atoms with Crippen LogP contribution in [-0.4, -0.2) is 35.8 Å². The molecule has 1 fully saturated rings. The number of anilines is 2. The Hall–Kier alpha value is -2.77. The molecule has 3 N–H and O–H groups in total. The predicted molar refractivity (Wildman–Crippen MR) is 107 cm³/mol. The van der Waals surface area contributed by atoms with Crippen molar-refractivity contribution in [3.63, 3.8) is 0 Å². The second kappa shape index (κ2) is 7.33. The molecule has 0 amide bonds. The summed E-state index contributed by atoms with van der Waals surface area (Å²) < 4.78 is 1.82. The highest BCUT2D eigenvalue weighted by Crippen LogP contribution is 2.36. The summed E-state index contributed by atoms with van der Waals surface area (Å²) in [6.45, 7) is 4.03. The van der Waals surface area contributed by atoms with E-state index >= 15 is 0 Å². The van der Waals surface area contributed by atoms with Crippen LogP contribution in [0.3, 0.4) is 0 Å². The first-order chi connectivity index (χ1) is 13.4. The van der Waals surface area contributed by atoms with E-state index in [0.717, 1.165) is 16.9 Å². The van der Waals surface area contributed by atoms with E-state index in [1.807, 2.05) is 48.9 Å². The molecular formula is C21H25N5O2. The second-order valence-corrected chi connectivity index (χ2v) is 7.66. The van der Waals surface area contributed by atoms with Gasteiger partial charge in [0.25, 0.3) is 0 Å². The Labute approximate surface area is 164 Å². The van der Waals surface area contributed by atoms with Crippen LogP contribution in [0, 0.1) is 13.8 Å². The van der Waals surface area contributed by atoms with Crippen molar-refractivity contribution in [2.24, 2.45) is 0 Å². The van der Waals surface area contributed by atoms with Crippen molar-refractivity contribution in [2.45, 2.75) is 51.2 Å². The second-order valence-electron chi connectivity index (χ2n) is 7.66. The number of rotatable bonds is 4. The third kappa shape index (κ3) is 3.90. The molecule has 0 saturated heterocycles. The van der Waals surface area contributed by atoms with Gasteiger partial charge in [0.05, 0.1) is 11.8 Å². The molecule has 1 saturated carbocycles. The number of hydrogen-bond acceptors (Lipinski definition) is 6. The molecule has 1 aliphatic rings. The molecule has 1 aliphatic carbocycles. The first kappa shape index (κ1) is 18.6. The summed E-state index contributed by atoms with van der Waals surface area (Å²) in [6, 6.07) is 7.84. The number of aryl methyl sites for hydroxylation is 2. The molecule has 0 atom stereocenters. The highest BCUT2D eigenvalue weighted by atomic mass is 16.3. The lowest BCUT2D eigenvalue weighted by molar-refractivity contribution is -0.0389. The van der Waals surface area contributed by atoms with Crippen molar-refractivity contribution < 1.29 is 10.2 Å². The minimum atomic E-state index is -0.985. The molecule has 4 rings (SSSR count). The molecule has 0 aliphatic heterocycles. The summed E-state index contributed by atoms with van der Waals surface area (Å²) in [4.78, 5) is 13.4. The first-order valence-corrected chi connectivity index (χ1v) is 9.55. The average molecular weight is 379 g/mol. The summed E-state index contributed by atoms with van der Waals surface area (Å²) in [5.74, 6) is 2.15. The lowest BCUT2D eigenvalue weighted by Crippen LogP contribution is -2.33. The van der Waals surface area contributed by atoms with E-state index in [1.165, 1.54) is 0 Å². The highest BCUT2D eigenvalue weighted by molar-refractivity contribution is 5.55. The molecule has 0 spiro atoms. The van der Waals surface area contributed by atoms with Gasteiger partial charge in [0.1, 0.15) is 29.4 Å². The van der Waals surface area contributed by atoms with E-state index in [1.54, 1.807) is 12.5 Å². The zero-order valence-electron chi connectivity index (χ0n) is 16.1. The normalized spacial score (nSPS) is 22.2. The Morgan fingerprint density at radius 3 is 2.57 bits per heavy atom. The lowest BCUT2D eigenvalue weighted by atomic mass is 9.81. The van der Waals surface area contributed by atoms with Gasteiger partial charge in [-0.1, -0.05) is 0 Å². The fourth-order valence-electron chi connectivity index (χ4n) is 3.61. The van der Waals surface area contributed by atoms with Crippen LogP contribution in [0.4, 0.5) is 11.6 Å². The zero-order valence-corrected chi connectivity index (χ0v) is 16.1. The Kier molecular flexibility index (Phi) is 4.87. The highest BCUT2D eigenvalue weighted by Gasteiger charge is 2.36. The molecule has 28 heavy (non-hydrogen) atoms. The first-order valence-electron chi connectivity index (χ1n) is 9.55. The van der Waals surface area contributed by atoms with Crippen molar-refractivity contribution in [1.82, 2.24) is 19.5 Å². The number of hydrogen-bond donors (Lipinski definition) is 3.